The highest BCUT2D eigenvalue weighted by molar-refractivity contribution is 4.78. The van der Waals surface area contributed by atoms with Crippen LogP contribution in [-0.4, -0.2) is 50.3 Å². The van der Waals surface area contributed by atoms with E-state index in [1.54, 1.807) is 0 Å². The molecule has 0 saturated carbocycles. The van der Waals surface area contributed by atoms with Crippen molar-refractivity contribution in [1.29, 1.82) is 0 Å². The second-order valence-electron chi connectivity index (χ2n) is 4.90. The predicted molar refractivity (Wildman–Crippen MR) is 62.1 cm³/mol. The Morgan fingerprint density at radius 3 is 3.00 bits per heavy atom. The monoisotopic (exact) mass is 212 g/mol. The van der Waals surface area contributed by atoms with Crippen LogP contribution in [0.2, 0.25) is 0 Å². The van der Waals surface area contributed by atoms with Gasteiger partial charge < -0.3 is 15.0 Å². The molecule has 2 saturated heterocycles. The Balaban J connectivity index is 1.56. The highest BCUT2D eigenvalue weighted by Gasteiger charge is 2.19. The van der Waals surface area contributed by atoms with Crippen molar-refractivity contribution in [2.24, 2.45) is 0 Å². The number of nitrogens with zero attached hydrogens (tertiary/aromatic N) is 1. The molecule has 2 unspecified atom stereocenters. The third-order valence-corrected chi connectivity index (χ3v) is 3.72. The van der Waals surface area contributed by atoms with Crippen LogP contribution in [0.1, 0.15) is 32.1 Å². The zero-order chi connectivity index (χ0) is 10.5. The van der Waals surface area contributed by atoms with Gasteiger partial charge in [0, 0.05) is 19.2 Å². The Morgan fingerprint density at radius 1 is 1.40 bits per heavy atom. The standard InChI is InChI=1S/C12H24N2O/c1-14(11-6-7-13-10-11)8-2-4-12-5-3-9-15-12/h11-13H,2-10H2,1H3. The first-order valence-corrected chi connectivity index (χ1v) is 6.39. The van der Waals surface area contributed by atoms with Gasteiger partial charge in [0.05, 0.1) is 6.10 Å². The summed E-state index contributed by atoms with van der Waals surface area (Å²) in [6, 6.07) is 0.773. The van der Waals surface area contributed by atoms with E-state index in [1.807, 2.05) is 0 Å². The summed E-state index contributed by atoms with van der Waals surface area (Å²) >= 11 is 0. The van der Waals surface area contributed by atoms with Crippen molar-refractivity contribution >= 4 is 0 Å². The van der Waals surface area contributed by atoms with Gasteiger partial charge in [-0.05, 0) is 52.2 Å². The van der Waals surface area contributed by atoms with Gasteiger partial charge in [-0.3, -0.25) is 0 Å². The molecule has 2 rings (SSSR count). The summed E-state index contributed by atoms with van der Waals surface area (Å²) in [5.41, 5.74) is 0. The first kappa shape index (κ1) is 11.4. The summed E-state index contributed by atoms with van der Waals surface area (Å²) in [6.45, 7) is 4.59. The Hall–Kier alpha value is -0.120. The summed E-state index contributed by atoms with van der Waals surface area (Å²) in [4.78, 5) is 2.51. The van der Waals surface area contributed by atoms with E-state index >= 15 is 0 Å². The lowest BCUT2D eigenvalue weighted by Gasteiger charge is -2.23. The average molecular weight is 212 g/mol. The van der Waals surface area contributed by atoms with E-state index in [-0.39, 0.29) is 0 Å². The van der Waals surface area contributed by atoms with Gasteiger partial charge in [-0.25, -0.2) is 0 Å². The molecule has 3 heteroatoms. The van der Waals surface area contributed by atoms with Crippen molar-refractivity contribution in [1.82, 2.24) is 10.2 Å². The zero-order valence-electron chi connectivity index (χ0n) is 9.87. The highest BCUT2D eigenvalue weighted by atomic mass is 16.5. The molecule has 3 nitrogen and oxygen atoms in total. The van der Waals surface area contributed by atoms with Crippen molar-refractivity contribution < 1.29 is 4.74 Å². The smallest absolute Gasteiger partial charge is 0.0576 e. The van der Waals surface area contributed by atoms with Crippen molar-refractivity contribution in [3.63, 3.8) is 0 Å². The molecule has 0 aromatic heterocycles. The molecular weight excluding hydrogens is 188 g/mol. The maximum Gasteiger partial charge on any atom is 0.0576 e. The van der Waals surface area contributed by atoms with Crippen LogP contribution in [0.5, 0.6) is 0 Å². The van der Waals surface area contributed by atoms with Crippen molar-refractivity contribution in [3.8, 4) is 0 Å². The number of hydrogen-bond donors (Lipinski definition) is 1. The zero-order valence-corrected chi connectivity index (χ0v) is 9.87. The SMILES string of the molecule is CN(CCCC1CCCO1)C1CCNC1. The fourth-order valence-electron chi connectivity index (χ4n) is 2.64. The van der Waals surface area contributed by atoms with Gasteiger partial charge in [0.15, 0.2) is 0 Å². The second kappa shape index (κ2) is 5.83. The van der Waals surface area contributed by atoms with Gasteiger partial charge in [-0.2, -0.15) is 0 Å². The Bertz CT molecular complexity index is 174. The minimum absolute atomic E-state index is 0.570. The number of rotatable bonds is 5. The topological polar surface area (TPSA) is 24.5 Å². The van der Waals surface area contributed by atoms with E-state index in [0.29, 0.717) is 6.10 Å². The molecule has 0 aromatic carbocycles. The molecule has 0 aromatic rings. The molecule has 0 aliphatic carbocycles. The molecule has 0 radical (unpaired) electrons. The van der Waals surface area contributed by atoms with Gasteiger partial charge >= 0.3 is 0 Å². The molecule has 0 bridgehead atoms. The normalized spacial score (nSPS) is 31.6. The van der Waals surface area contributed by atoms with Crippen LogP contribution in [0.15, 0.2) is 0 Å². The fraction of sp³-hybridized carbons (Fsp3) is 1.00. The molecule has 15 heavy (non-hydrogen) atoms. The Morgan fingerprint density at radius 2 is 2.33 bits per heavy atom. The van der Waals surface area contributed by atoms with E-state index in [4.69, 9.17) is 4.74 Å². The summed E-state index contributed by atoms with van der Waals surface area (Å²) in [6.07, 6.45) is 6.99. The van der Waals surface area contributed by atoms with Crippen molar-refractivity contribution in [2.45, 2.75) is 44.2 Å². The minimum Gasteiger partial charge on any atom is -0.378 e. The van der Waals surface area contributed by atoms with Crippen LogP contribution in [0.25, 0.3) is 0 Å². The van der Waals surface area contributed by atoms with Crippen molar-refractivity contribution in [3.05, 3.63) is 0 Å². The van der Waals surface area contributed by atoms with Crippen LogP contribution >= 0.6 is 0 Å². The predicted octanol–water partition coefficient (Wildman–Crippen LogP) is 1.24. The molecular formula is C12H24N2O. The first-order chi connectivity index (χ1) is 7.36. The van der Waals surface area contributed by atoms with E-state index in [0.717, 1.165) is 12.6 Å². The van der Waals surface area contributed by atoms with Gasteiger partial charge in [0.2, 0.25) is 0 Å². The van der Waals surface area contributed by atoms with E-state index < -0.39 is 0 Å². The molecule has 2 atom stereocenters. The second-order valence-corrected chi connectivity index (χ2v) is 4.90. The molecule has 2 heterocycles. The van der Waals surface area contributed by atoms with E-state index in [2.05, 4.69) is 17.3 Å². The summed E-state index contributed by atoms with van der Waals surface area (Å²) in [5.74, 6) is 0. The van der Waals surface area contributed by atoms with Gasteiger partial charge in [0.25, 0.3) is 0 Å². The number of ether oxygens (including phenoxy) is 1. The van der Waals surface area contributed by atoms with Crippen LogP contribution in [0, 0.1) is 0 Å². The molecule has 0 amide bonds. The Kier molecular flexibility index (Phi) is 4.42. The lowest BCUT2D eigenvalue weighted by atomic mass is 10.1. The third kappa shape index (κ3) is 3.44. The lowest BCUT2D eigenvalue weighted by molar-refractivity contribution is 0.0983. The molecule has 0 spiro atoms. The Labute approximate surface area is 93.2 Å². The highest BCUT2D eigenvalue weighted by Crippen LogP contribution is 2.17. The summed E-state index contributed by atoms with van der Waals surface area (Å²) in [7, 11) is 2.26. The molecule has 2 aliphatic heterocycles. The maximum absolute atomic E-state index is 5.63. The van der Waals surface area contributed by atoms with Crippen LogP contribution < -0.4 is 5.32 Å². The van der Waals surface area contributed by atoms with E-state index in [9.17, 15) is 0 Å². The number of likely N-dealkylation sites (N-methyl/N-ethyl adjacent to an activating group) is 1. The van der Waals surface area contributed by atoms with Crippen LogP contribution in [-0.2, 0) is 4.74 Å². The largest absolute Gasteiger partial charge is 0.378 e. The summed E-state index contributed by atoms with van der Waals surface area (Å²) < 4.78 is 5.63. The van der Waals surface area contributed by atoms with Gasteiger partial charge in [0.1, 0.15) is 0 Å². The quantitative estimate of drug-likeness (QED) is 0.742. The average Bonchev–Trinajstić information content (AvgIpc) is 2.90. The van der Waals surface area contributed by atoms with Gasteiger partial charge in [-0.1, -0.05) is 0 Å². The van der Waals surface area contributed by atoms with Crippen LogP contribution in [0.4, 0.5) is 0 Å². The fourth-order valence-corrected chi connectivity index (χ4v) is 2.64. The molecule has 88 valence electrons. The maximum atomic E-state index is 5.63. The molecule has 2 fully saturated rings. The minimum atomic E-state index is 0.570. The lowest BCUT2D eigenvalue weighted by Crippen LogP contribution is -2.34. The summed E-state index contributed by atoms with van der Waals surface area (Å²) in [5, 5.41) is 3.42. The van der Waals surface area contributed by atoms with Crippen LogP contribution in [0.3, 0.4) is 0 Å². The first-order valence-electron chi connectivity index (χ1n) is 6.39. The molecule has 1 N–H and O–H groups in total. The third-order valence-electron chi connectivity index (χ3n) is 3.72. The van der Waals surface area contributed by atoms with Crippen molar-refractivity contribution in [2.75, 3.05) is 33.3 Å². The molecule has 2 aliphatic rings. The van der Waals surface area contributed by atoms with E-state index in [1.165, 1.54) is 51.7 Å². The van der Waals surface area contributed by atoms with Gasteiger partial charge in [-0.15, -0.1) is 0 Å². The number of hydrogen-bond acceptors (Lipinski definition) is 3. The number of nitrogens with one attached hydrogen (secondary N) is 1.